The van der Waals surface area contributed by atoms with Gasteiger partial charge in [0.25, 0.3) is 5.91 Å². The summed E-state index contributed by atoms with van der Waals surface area (Å²) < 4.78 is 5.22. The molecule has 0 fully saturated rings. The van der Waals surface area contributed by atoms with E-state index in [1.54, 1.807) is 6.07 Å². The number of hydrogen-bond donors (Lipinski definition) is 2. The summed E-state index contributed by atoms with van der Waals surface area (Å²) in [5.74, 6) is -1.62. The summed E-state index contributed by atoms with van der Waals surface area (Å²) in [4.78, 5) is 40.4. The molecule has 0 radical (unpaired) electrons. The molecule has 0 aliphatic carbocycles. The maximum Gasteiger partial charge on any atom is 0.338 e. The highest BCUT2D eigenvalue weighted by Gasteiger charge is 2.20. The van der Waals surface area contributed by atoms with Crippen LogP contribution in [0.1, 0.15) is 23.7 Å². The zero-order valence-electron chi connectivity index (χ0n) is 16.5. The van der Waals surface area contributed by atoms with Gasteiger partial charge in [-0.1, -0.05) is 30.3 Å². The number of hydrogen-bond acceptors (Lipinski definition) is 7. The number of amides is 2. The van der Waals surface area contributed by atoms with Crippen molar-refractivity contribution in [3.63, 3.8) is 0 Å². The SMILES string of the molecule is C[C@@H](OC(=O)c1ccc(NC(=O)CC#N)cc1)C(=O)Nc1nc(-c2ccccc2)cs1. The number of carbonyl (C=O) groups is 3. The van der Waals surface area contributed by atoms with E-state index in [-0.39, 0.29) is 12.0 Å². The maximum absolute atomic E-state index is 12.4. The highest BCUT2D eigenvalue weighted by molar-refractivity contribution is 7.14. The number of thiazole rings is 1. The van der Waals surface area contributed by atoms with Crippen molar-refractivity contribution in [2.24, 2.45) is 0 Å². The van der Waals surface area contributed by atoms with E-state index in [1.807, 2.05) is 35.7 Å². The minimum atomic E-state index is -1.04. The Morgan fingerprint density at radius 3 is 2.48 bits per heavy atom. The Morgan fingerprint density at radius 1 is 1.10 bits per heavy atom. The number of nitrogens with zero attached hydrogens (tertiary/aromatic N) is 2. The molecule has 1 heterocycles. The summed E-state index contributed by atoms with van der Waals surface area (Å²) in [6, 6.07) is 17.3. The second-order valence-corrected chi connectivity index (χ2v) is 7.26. The summed E-state index contributed by atoms with van der Waals surface area (Å²) >= 11 is 1.28. The van der Waals surface area contributed by atoms with Gasteiger partial charge < -0.3 is 10.1 Å². The smallest absolute Gasteiger partial charge is 0.338 e. The Hall–Kier alpha value is -4.03. The topological polar surface area (TPSA) is 121 Å². The third-order valence-electron chi connectivity index (χ3n) is 4.10. The predicted octanol–water partition coefficient (Wildman–Crippen LogP) is 3.85. The van der Waals surface area contributed by atoms with Gasteiger partial charge in [-0.3, -0.25) is 14.9 Å². The molecule has 3 aromatic rings. The van der Waals surface area contributed by atoms with Crippen molar-refractivity contribution in [3.8, 4) is 17.3 Å². The van der Waals surface area contributed by atoms with E-state index in [0.717, 1.165) is 11.3 Å². The van der Waals surface area contributed by atoms with Gasteiger partial charge in [-0.25, -0.2) is 9.78 Å². The molecular weight excluding hydrogens is 416 g/mol. The molecule has 2 amide bonds. The minimum absolute atomic E-state index is 0.221. The van der Waals surface area contributed by atoms with Gasteiger partial charge in [0, 0.05) is 16.6 Å². The van der Waals surface area contributed by atoms with E-state index in [2.05, 4.69) is 15.6 Å². The molecule has 0 saturated carbocycles. The number of carbonyl (C=O) groups excluding carboxylic acids is 3. The predicted molar refractivity (Wildman–Crippen MR) is 116 cm³/mol. The molecule has 1 atom stereocenters. The number of aromatic nitrogens is 1. The molecule has 0 spiro atoms. The van der Waals surface area contributed by atoms with E-state index in [1.165, 1.54) is 42.5 Å². The van der Waals surface area contributed by atoms with E-state index in [4.69, 9.17) is 10.00 Å². The quantitative estimate of drug-likeness (QED) is 0.545. The average molecular weight is 434 g/mol. The average Bonchev–Trinajstić information content (AvgIpc) is 3.23. The fourth-order valence-corrected chi connectivity index (χ4v) is 3.25. The lowest BCUT2D eigenvalue weighted by molar-refractivity contribution is -0.123. The van der Waals surface area contributed by atoms with Crippen LogP contribution in [-0.2, 0) is 14.3 Å². The largest absolute Gasteiger partial charge is 0.449 e. The van der Waals surface area contributed by atoms with E-state index < -0.39 is 23.9 Å². The molecule has 2 N–H and O–H groups in total. The van der Waals surface area contributed by atoms with Gasteiger partial charge in [0.05, 0.1) is 17.3 Å². The van der Waals surface area contributed by atoms with Crippen LogP contribution < -0.4 is 10.6 Å². The van der Waals surface area contributed by atoms with Gasteiger partial charge in [-0.05, 0) is 31.2 Å². The van der Waals surface area contributed by atoms with Gasteiger partial charge in [0.1, 0.15) is 6.42 Å². The molecule has 0 saturated heterocycles. The summed E-state index contributed by atoms with van der Waals surface area (Å²) in [7, 11) is 0. The Morgan fingerprint density at radius 2 is 1.81 bits per heavy atom. The molecule has 31 heavy (non-hydrogen) atoms. The molecule has 2 aromatic carbocycles. The van der Waals surface area contributed by atoms with Crippen molar-refractivity contribution in [2.75, 3.05) is 10.6 Å². The number of ether oxygens (including phenoxy) is 1. The Bertz CT molecular complexity index is 1120. The highest BCUT2D eigenvalue weighted by Crippen LogP contribution is 2.24. The summed E-state index contributed by atoms with van der Waals surface area (Å²) in [6.45, 7) is 1.47. The summed E-state index contributed by atoms with van der Waals surface area (Å²) in [6.07, 6.45) is -1.30. The van der Waals surface area contributed by atoms with Crippen LogP contribution in [0.4, 0.5) is 10.8 Å². The van der Waals surface area contributed by atoms with Gasteiger partial charge in [0.15, 0.2) is 11.2 Å². The molecule has 1 aromatic heterocycles. The fraction of sp³-hybridized carbons (Fsp3) is 0.136. The Balaban J connectivity index is 1.55. The summed E-state index contributed by atoms with van der Waals surface area (Å²) in [5, 5.41) is 15.9. The van der Waals surface area contributed by atoms with Gasteiger partial charge >= 0.3 is 5.97 Å². The summed E-state index contributed by atoms with van der Waals surface area (Å²) in [5.41, 5.74) is 2.35. The number of benzene rings is 2. The maximum atomic E-state index is 12.4. The molecule has 0 bridgehead atoms. The Kier molecular flexibility index (Phi) is 7.09. The van der Waals surface area contributed by atoms with Crippen molar-refractivity contribution in [3.05, 3.63) is 65.5 Å². The monoisotopic (exact) mass is 434 g/mol. The third kappa shape index (κ3) is 5.98. The lowest BCUT2D eigenvalue weighted by Crippen LogP contribution is -2.30. The molecule has 9 heteroatoms. The van der Waals surface area contributed by atoms with Crippen LogP contribution in [0, 0.1) is 11.3 Å². The molecular formula is C22H18N4O4S. The van der Waals surface area contributed by atoms with Crippen LogP contribution in [0.25, 0.3) is 11.3 Å². The van der Waals surface area contributed by atoms with E-state index in [0.29, 0.717) is 10.8 Å². The number of anilines is 2. The van der Waals surface area contributed by atoms with Crippen molar-refractivity contribution in [1.29, 1.82) is 5.26 Å². The molecule has 8 nitrogen and oxygen atoms in total. The van der Waals surface area contributed by atoms with Crippen LogP contribution in [0.3, 0.4) is 0 Å². The first-order valence-corrected chi connectivity index (χ1v) is 10.1. The number of nitriles is 1. The molecule has 0 aliphatic rings. The standard InChI is InChI=1S/C22H18N4O4S/c1-14(20(28)26-22-25-18(13-31-22)15-5-3-2-4-6-15)30-21(29)16-7-9-17(10-8-16)24-19(27)11-12-23/h2-10,13-14H,11H2,1H3,(H,24,27)(H,25,26,28)/t14-/m1/s1. The van der Waals surface area contributed by atoms with Gasteiger partial charge in [-0.2, -0.15) is 5.26 Å². The number of esters is 1. The van der Waals surface area contributed by atoms with Gasteiger partial charge in [0.2, 0.25) is 5.91 Å². The molecule has 156 valence electrons. The lowest BCUT2D eigenvalue weighted by Gasteiger charge is -2.12. The first kappa shape index (κ1) is 21.7. The first-order chi connectivity index (χ1) is 15.0. The second-order valence-electron chi connectivity index (χ2n) is 6.40. The van der Waals surface area contributed by atoms with E-state index >= 15 is 0 Å². The van der Waals surface area contributed by atoms with E-state index in [9.17, 15) is 14.4 Å². The van der Waals surface area contributed by atoms with Crippen molar-refractivity contribution >= 4 is 39.9 Å². The normalized spacial score (nSPS) is 11.1. The minimum Gasteiger partial charge on any atom is -0.449 e. The number of rotatable bonds is 7. The Labute approximate surface area is 182 Å². The van der Waals surface area contributed by atoms with Crippen LogP contribution >= 0.6 is 11.3 Å². The van der Waals surface area contributed by atoms with Crippen LogP contribution in [0.15, 0.2) is 60.0 Å². The van der Waals surface area contributed by atoms with Crippen LogP contribution in [-0.4, -0.2) is 28.9 Å². The highest BCUT2D eigenvalue weighted by atomic mass is 32.1. The second kappa shape index (κ2) is 10.1. The molecule has 0 aliphatic heterocycles. The molecule has 0 unspecified atom stereocenters. The van der Waals surface area contributed by atoms with Gasteiger partial charge in [-0.15, -0.1) is 11.3 Å². The fourth-order valence-electron chi connectivity index (χ4n) is 2.53. The van der Waals surface area contributed by atoms with Crippen molar-refractivity contribution in [2.45, 2.75) is 19.4 Å². The van der Waals surface area contributed by atoms with Crippen LogP contribution in [0.2, 0.25) is 0 Å². The molecule has 3 rings (SSSR count). The third-order valence-corrected chi connectivity index (χ3v) is 4.86. The van der Waals surface area contributed by atoms with Crippen LogP contribution in [0.5, 0.6) is 0 Å². The number of nitrogens with one attached hydrogen (secondary N) is 2. The van der Waals surface area contributed by atoms with Crippen molar-refractivity contribution < 1.29 is 19.1 Å². The van der Waals surface area contributed by atoms with Crippen molar-refractivity contribution in [1.82, 2.24) is 4.98 Å². The lowest BCUT2D eigenvalue weighted by atomic mass is 10.2. The first-order valence-electron chi connectivity index (χ1n) is 9.26. The zero-order valence-corrected chi connectivity index (χ0v) is 17.3. The zero-order chi connectivity index (χ0) is 22.2.